The second-order valence-corrected chi connectivity index (χ2v) is 4.60. The number of thioether (sulfide) groups is 1. The second kappa shape index (κ2) is 4.46. The molecule has 0 saturated carbocycles. The maximum atomic E-state index is 11.5. The van der Waals surface area contributed by atoms with Crippen molar-refractivity contribution in [2.45, 2.75) is 11.0 Å². The lowest BCUT2D eigenvalue weighted by Gasteiger charge is -2.13. The van der Waals surface area contributed by atoms with Gasteiger partial charge in [0.25, 0.3) is 0 Å². The molecule has 5 nitrogen and oxygen atoms in total. The fourth-order valence-electron chi connectivity index (χ4n) is 1.80. The van der Waals surface area contributed by atoms with E-state index in [0.29, 0.717) is 16.2 Å². The van der Waals surface area contributed by atoms with Gasteiger partial charge < -0.3 is 19.7 Å². The first-order valence-corrected chi connectivity index (χ1v) is 5.91. The minimum absolute atomic E-state index is 0.0390. The number of phenols is 1. The Labute approximate surface area is 102 Å². The molecular weight excluding hydrogens is 244 g/mol. The number of aliphatic hydroxyl groups excluding tert-OH is 1. The van der Waals surface area contributed by atoms with E-state index in [-0.39, 0.29) is 17.1 Å². The normalized spacial score (nSPS) is 17.7. The van der Waals surface area contributed by atoms with Crippen molar-refractivity contribution in [3.8, 4) is 11.5 Å². The van der Waals surface area contributed by atoms with Crippen LogP contribution in [-0.4, -0.2) is 36.2 Å². The van der Waals surface area contributed by atoms with Crippen molar-refractivity contribution in [1.29, 1.82) is 0 Å². The topological polar surface area (TPSA) is 76.0 Å². The van der Waals surface area contributed by atoms with Crippen LogP contribution in [0.1, 0.15) is 22.0 Å². The molecule has 0 saturated heterocycles. The van der Waals surface area contributed by atoms with E-state index >= 15 is 0 Å². The van der Waals surface area contributed by atoms with Crippen LogP contribution in [-0.2, 0) is 4.74 Å². The number of aliphatic hydroxyl groups is 1. The number of ether oxygens (including phenoxy) is 2. The first-order chi connectivity index (χ1) is 8.10. The van der Waals surface area contributed by atoms with E-state index in [2.05, 4.69) is 4.74 Å². The standard InChI is InChI=1S/C11H12O5S/c1-15-10-5(11(14)16-2)3-7-8(9(10)13)6(12)4-17-7/h3,6,12-13H,4H2,1-2H3. The molecule has 0 aromatic heterocycles. The van der Waals surface area contributed by atoms with Crippen LogP contribution in [0, 0.1) is 0 Å². The number of benzene rings is 1. The third kappa shape index (κ3) is 1.83. The van der Waals surface area contributed by atoms with Crippen LogP contribution in [0.5, 0.6) is 11.5 Å². The van der Waals surface area contributed by atoms with Gasteiger partial charge in [0.1, 0.15) is 5.56 Å². The van der Waals surface area contributed by atoms with Gasteiger partial charge in [0.15, 0.2) is 11.5 Å². The van der Waals surface area contributed by atoms with Gasteiger partial charge in [-0.3, -0.25) is 0 Å². The summed E-state index contributed by atoms with van der Waals surface area (Å²) < 4.78 is 9.62. The Balaban J connectivity index is 2.64. The molecule has 0 radical (unpaired) electrons. The number of carbonyl (C=O) groups excluding carboxylic acids is 1. The van der Waals surface area contributed by atoms with E-state index in [1.54, 1.807) is 6.07 Å². The van der Waals surface area contributed by atoms with Gasteiger partial charge in [0.2, 0.25) is 0 Å². The zero-order valence-electron chi connectivity index (χ0n) is 9.39. The molecule has 1 aromatic rings. The van der Waals surface area contributed by atoms with E-state index in [9.17, 15) is 15.0 Å². The van der Waals surface area contributed by atoms with Crippen LogP contribution in [0.15, 0.2) is 11.0 Å². The summed E-state index contributed by atoms with van der Waals surface area (Å²) >= 11 is 1.38. The maximum absolute atomic E-state index is 11.5. The molecule has 2 rings (SSSR count). The predicted molar refractivity (Wildman–Crippen MR) is 61.7 cm³/mol. The molecule has 1 unspecified atom stereocenters. The maximum Gasteiger partial charge on any atom is 0.341 e. The Kier molecular flexibility index (Phi) is 3.17. The molecule has 0 spiro atoms. The fraction of sp³-hybridized carbons (Fsp3) is 0.364. The Morgan fingerprint density at radius 1 is 1.53 bits per heavy atom. The summed E-state index contributed by atoms with van der Waals surface area (Å²) in [5, 5.41) is 19.7. The molecular formula is C11H12O5S. The fourth-order valence-corrected chi connectivity index (χ4v) is 2.90. The third-order valence-corrected chi connectivity index (χ3v) is 3.73. The van der Waals surface area contributed by atoms with Gasteiger partial charge in [-0.25, -0.2) is 4.79 Å². The molecule has 6 heteroatoms. The molecule has 2 N–H and O–H groups in total. The van der Waals surface area contributed by atoms with Gasteiger partial charge in [-0.2, -0.15) is 0 Å². The van der Waals surface area contributed by atoms with Gasteiger partial charge in [-0.1, -0.05) is 0 Å². The van der Waals surface area contributed by atoms with Crippen LogP contribution in [0.2, 0.25) is 0 Å². The van der Waals surface area contributed by atoms with Crippen molar-refractivity contribution < 1.29 is 24.5 Å². The zero-order valence-corrected chi connectivity index (χ0v) is 10.2. The smallest absolute Gasteiger partial charge is 0.341 e. The first-order valence-electron chi connectivity index (χ1n) is 4.93. The van der Waals surface area contributed by atoms with E-state index < -0.39 is 12.1 Å². The number of hydrogen-bond acceptors (Lipinski definition) is 6. The Morgan fingerprint density at radius 2 is 2.24 bits per heavy atom. The van der Waals surface area contributed by atoms with Crippen LogP contribution >= 0.6 is 11.8 Å². The van der Waals surface area contributed by atoms with Crippen LogP contribution in [0.4, 0.5) is 0 Å². The number of aromatic hydroxyl groups is 1. The SMILES string of the molecule is COC(=O)c1cc2c(c(O)c1OC)C(O)CS2. The molecule has 1 aliphatic heterocycles. The van der Waals surface area contributed by atoms with Gasteiger partial charge in [-0.15, -0.1) is 11.8 Å². The summed E-state index contributed by atoms with van der Waals surface area (Å²) in [6.45, 7) is 0. The highest BCUT2D eigenvalue weighted by Crippen LogP contribution is 2.48. The van der Waals surface area contributed by atoms with E-state index in [4.69, 9.17) is 4.74 Å². The number of carbonyl (C=O) groups is 1. The first kappa shape index (κ1) is 12.1. The molecule has 0 aliphatic carbocycles. The monoisotopic (exact) mass is 256 g/mol. The Bertz CT molecular complexity index is 471. The highest BCUT2D eigenvalue weighted by atomic mass is 32.2. The Morgan fingerprint density at radius 3 is 2.82 bits per heavy atom. The lowest BCUT2D eigenvalue weighted by molar-refractivity contribution is 0.0595. The van der Waals surface area contributed by atoms with Crippen molar-refractivity contribution in [1.82, 2.24) is 0 Å². The van der Waals surface area contributed by atoms with Gasteiger partial charge in [-0.05, 0) is 6.07 Å². The molecule has 1 aliphatic rings. The van der Waals surface area contributed by atoms with Crippen LogP contribution in [0.25, 0.3) is 0 Å². The minimum atomic E-state index is -0.740. The predicted octanol–water partition coefficient (Wildman–Crippen LogP) is 1.33. The van der Waals surface area contributed by atoms with Crippen molar-refractivity contribution >= 4 is 17.7 Å². The van der Waals surface area contributed by atoms with Crippen LogP contribution in [0.3, 0.4) is 0 Å². The molecule has 0 fully saturated rings. The van der Waals surface area contributed by atoms with Gasteiger partial charge in [0.05, 0.1) is 20.3 Å². The number of fused-ring (bicyclic) bond motifs is 1. The molecule has 17 heavy (non-hydrogen) atoms. The summed E-state index contributed by atoms with van der Waals surface area (Å²) in [5.41, 5.74) is 0.576. The summed E-state index contributed by atoms with van der Waals surface area (Å²) in [5.74, 6) is -0.279. The van der Waals surface area contributed by atoms with Gasteiger partial charge >= 0.3 is 5.97 Å². The average Bonchev–Trinajstić information content (AvgIpc) is 2.70. The van der Waals surface area contributed by atoms with E-state index in [1.165, 1.54) is 26.0 Å². The van der Waals surface area contributed by atoms with E-state index in [1.807, 2.05) is 0 Å². The molecule has 92 valence electrons. The summed E-state index contributed by atoms with van der Waals surface area (Å²) in [7, 11) is 2.61. The minimum Gasteiger partial charge on any atom is -0.504 e. The molecule has 0 bridgehead atoms. The number of phenolic OH excluding ortho intramolecular Hbond substituents is 1. The highest BCUT2D eigenvalue weighted by molar-refractivity contribution is 7.99. The average molecular weight is 256 g/mol. The van der Waals surface area contributed by atoms with Crippen molar-refractivity contribution in [2.24, 2.45) is 0 Å². The number of rotatable bonds is 2. The number of esters is 1. The molecule has 1 heterocycles. The van der Waals surface area contributed by atoms with Crippen LogP contribution < -0.4 is 4.74 Å². The largest absolute Gasteiger partial charge is 0.504 e. The second-order valence-electron chi connectivity index (χ2n) is 3.54. The lowest BCUT2D eigenvalue weighted by Crippen LogP contribution is -2.06. The van der Waals surface area contributed by atoms with Crippen molar-refractivity contribution in [3.05, 3.63) is 17.2 Å². The third-order valence-electron chi connectivity index (χ3n) is 2.60. The molecule has 0 amide bonds. The summed E-state index contributed by atoms with van der Waals surface area (Å²) in [6.07, 6.45) is -0.740. The van der Waals surface area contributed by atoms with Gasteiger partial charge in [0, 0.05) is 16.2 Å². The number of methoxy groups -OCH3 is 2. The molecule has 1 atom stereocenters. The summed E-state index contributed by atoms with van der Waals surface area (Å²) in [6, 6.07) is 1.57. The highest BCUT2D eigenvalue weighted by Gasteiger charge is 2.30. The van der Waals surface area contributed by atoms with Crippen molar-refractivity contribution in [2.75, 3.05) is 20.0 Å². The summed E-state index contributed by atoms with van der Waals surface area (Å²) in [4.78, 5) is 12.2. The molecule has 1 aromatic carbocycles. The van der Waals surface area contributed by atoms with E-state index in [0.717, 1.165) is 0 Å². The number of hydrogen-bond donors (Lipinski definition) is 2. The lowest BCUT2D eigenvalue weighted by atomic mass is 10.0. The zero-order chi connectivity index (χ0) is 12.6. The Hall–Kier alpha value is -1.40. The quantitative estimate of drug-likeness (QED) is 0.777. The van der Waals surface area contributed by atoms with Crippen molar-refractivity contribution in [3.63, 3.8) is 0 Å².